The van der Waals surface area contributed by atoms with Crippen LogP contribution in [0.25, 0.3) is 0 Å². The zero-order chi connectivity index (χ0) is 14.4. The Hall–Kier alpha value is -1.71. The maximum atomic E-state index is 6.12. The Morgan fingerprint density at radius 1 is 1.10 bits per heavy atom. The van der Waals surface area contributed by atoms with Crippen molar-refractivity contribution in [1.29, 1.82) is 0 Å². The number of benzene rings is 2. The maximum absolute atomic E-state index is 6.12. The number of nitrogens with two attached hydrogens (primary N) is 1. The molecule has 0 saturated heterocycles. The second-order valence-electron chi connectivity index (χ2n) is 4.48. The van der Waals surface area contributed by atoms with Crippen LogP contribution in [0.15, 0.2) is 42.5 Å². The highest BCUT2D eigenvalue weighted by atomic mass is 35.5. The van der Waals surface area contributed by atoms with Gasteiger partial charge in [0.25, 0.3) is 0 Å². The molecule has 0 bridgehead atoms. The monoisotopic (exact) mass is 292 g/mol. The first kappa shape index (κ1) is 14.7. The van der Waals surface area contributed by atoms with Gasteiger partial charge in [-0.15, -0.1) is 0 Å². The van der Waals surface area contributed by atoms with E-state index in [9.17, 15) is 0 Å². The third kappa shape index (κ3) is 3.65. The first-order chi connectivity index (χ1) is 9.74. The highest BCUT2D eigenvalue weighted by Gasteiger charge is 2.07. The normalized spacial score (nSPS) is 10.3. The Morgan fingerprint density at radius 2 is 1.90 bits per heavy atom. The van der Waals surface area contributed by atoms with Crippen LogP contribution in [0.5, 0.6) is 11.5 Å². The molecule has 0 unspecified atom stereocenters. The first-order valence-electron chi connectivity index (χ1n) is 6.55. The van der Waals surface area contributed by atoms with Crippen molar-refractivity contribution in [2.75, 3.05) is 14.2 Å². The third-order valence-corrected chi connectivity index (χ3v) is 3.38. The van der Waals surface area contributed by atoms with Crippen molar-refractivity contribution in [2.45, 2.75) is 13.2 Å². The van der Waals surface area contributed by atoms with Gasteiger partial charge >= 0.3 is 0 Å². The lowest BCUT2D eigenvalue weighted by molar-refractivity contribution is -0.643. The summed E-state index contributed by atoms with van der Waals surface area (Å²) in [4.78, 5) is 0. The van der Waals surface area contributed by atoms with Crippen LogP contribution in [0, 0.1) is 0 Å². The SMILES string of the molecule is C[NH2+]Cc1ccc(OCc2ccccc2Cl)c(OC)c1. The van der Waals surface area contributed by atoms with Crippen molar-refractivity contribution in [3.8, 4) is 11.5 Å². The van der Waals surface area contributed by atoms with E-state index in [1.54, 1.807) is 7.11 Å². The summed E-state index contributed by atoms with van der Waals surface area (Å²) in [6, 6.07) is 13.7. The fourth-order valence-corrected chi connectivity index (χ4v) is 2.16. The lowest BCUT2D eigenvalue weighted by atomic mass is 10.2. The van der Waals surface area contributed by atoms with E-state index in [2.05, 4.69) is 5.32 Å². The number of hydrogen-bond donors (Lipinski definition) is 1. The highest BCUT2D eigenvalue weighted by molar-refractivity contribution is 6.31. The molecule has 106 valence electrons. The molecule has 0 amide bonds. The molecule has 0 aliphatic rings. The van der Waals surface area contributed by atoms with Gasteiger partial charge in [0, 0.05) is 16.1 Å². The minimum Gasteiger partial charge on any atom is -0.493 e. The first-order valence-corrected chi connectivity index (χ1v) is 6.93. The van der Waals surface area contributed by atoms with Gasteiger partial charge in [-0.2, -0.15) is 0 Å². The largest absolute Gasteiger partial charge is 0.493 e. The van der Waals surface area contributed by atoms with E-state index in [-0.39, 0.29) is 0 Å². The van der Waals surface area contributed by atoms with Gasteiger partial charge in [-0.25, -0.2) is 0 Å². The summed E-state index contributed by atoms with van der Waals surface area (Å²) in [6.45, 7) is 1.34. The molecule has 0 aliphatic carbocycles. The number of quaternary nitrogens is 1. The predicted molar refractivity (Wildman–Crippen MR) is 80.3 cm³/mol. The summed E-state index contributed by atoms with van der Waals surface area (Å²) in [7, 11) is 3.69. The molecule has 0 fully saturated rings. The fourth-order valence-electron chi connectivity index (χ4n) is 1.96. The summed E-state index contributed by atoms with van der Waals surface area (Å²) in [5.74, 6) is 1.48. The van der Waals surface area contributed by atoms with Gasteiger partial charge in [-0.3, -0.25) is 0 Å². The predicted octanol–water partition coefficient (Wildman–Crippen LogP) is 2.62. The Balaban J connectivity index is 2.11. The van der Waals surface area contributed by atoms with Gasteiger partial charge in [0.15, 0.2) is 11.5 Å². The number of halogens is 1. The standard InChI is InChI=1S/C16H18ClNO2/c1-18-10-12-7-8-15(16(9-12)19-2)20-11-13-5-3-4-6-14(13)17/h3-9,18H,10-11H2,1-2H3/p+1. The van der Waals surface area contributed by atoms with Crippen molar-refractivity contribution in [2.24, 2.45) is 0 Å². The number of hydrogen-bond acceptors (Lipinski definition) is 2. The van der Waals surface area contributed by atoms with Crippen molar-refractivity contribution < 1.29 is 14.8 Å². The van der Waals surface area contributed by atoms with Crippen molar-refractivity contribution >= 4 is 11.6 Å². The van der Waals surface area contributed by atoms with Crippen molar-refractivity contribution in [3.63, 3.8) is 0 Å². The average Bonchev–Trinajstić information content (AvgIpc) is 2.47. The second-order valence-corrected chi connectivity index (χ2v) is 4.88. The smallest absolute Gasteiger partial charge is 0.161 e. The van der Waals surface area contributed by atoms with Gasteiger partial charge in [0.05, 0.1) is 14.2 Å². The molecule has 20 heavy (non-hydrogen) atoms. The van der Waals surface area contributed by atoms with Gasteiger partial charge in [-0.1, -0.05) is 29.8 Å². The molecule has 2 aromatic rings. The maximum Gasteiger partial charge on any atom is 0.161 e. The second kappa shape index (κ2) is 7.17. The van der Waals surface area contributed by atoms with Crippen LogP contribution in [0.4, 0.5) is 0 Å². The van der Waals surface area contributed by atoms with Crippen molar-refractivity contribution in [3.05, 3.63) is 58.6 Å². The molecular formula is C16H19ClNO2+. The number of ether oxygens (including phenoxy) is 2. The lowest BCUT2D eigenvalue weighted by Gasteiger charge is -2.12. The minimum atomic E-state index is 0.426. The number of methoxy groups -OCH3 is 1. The van der Waals surface area contributed by atoms with Crippen LogP contribution < -0.4 is 14.8 Å². The van der Waals surface area contributed by atoms with E-state index in [1.807, 2.05) is 49.5 Å². The molecule has 0 saturated carbocycles. The molecule has 4 heteroatoms. The topological polar surface area (TPSA) is 35.1 Å². The number of rotatable bonds is 6. The minimum absolute atomic E-state index is 0.426. The zero-order valence-electron chi connectivity index (χ0n) is 11.7. The third-order valence-electron chi connectivity index (χ3n) is 3.01. The van der Waals surface area contributed by atoms with Gasteiger partial charge < -0.3 is 14.8 Å². The Labute approximate surface area is 124 Å². The molecule has 0 heterocycles. The quantitative estimate of drug-likeness (QED) is 0.888. The molecule has 0 aromatic heterocycles. The molecule has 0 radical (unpaired) electrons. The molecule has 2 rings (SSSR count). The molecular weight excluding hydrogens is 274 g/mol. The van der Waals surface area contributed by atoms with Gasteiger partial charge in [-0.05, 0) is 24.3 Å². The molecule has 0 spiro atoms. The Morgan fingerprint density at radius 3 is 2.60 bits per heavy atom. The van der Waals surface area contributed by atoms with Crippen molar-refractivity contribution in [1.82, 2.24) is 0 Å². The van der Waals surface area contributed by atoms with E-state index in [0.717, 1.165) is 23.6 Å². The van der Waals surface area contributed by atoms with Crippen LogP contribution in [-0.2, 0) is 13.2 Å². The van der Waals surface area contributed by atoms with E-state index in [0.29, 0.717) is 11.6 Å². The highest BCUT2D eigenvalue weighted by Crippen LogP contribution is 2.29. The van der Waals surface area contributed by atoms with Crippen LogP contribution >= 0.6 is 11.6 Å². The zero-order valence-corrected chi connectivity index (χ0v) is 12.5. The molecule has 2 aromatic carbocycles. The summed E-state index contributed by atoms with van der Waals surface area (Å²) in [6.07, 6.45) is 0. The molecule has 2 N–H and O–H groups in total. The fraction of sp³-hybridized carbons (Fsp3) is 0.250. The van der Waals surface area contributed by atoms with Gasteiger partial charge in [0.2, 0.25) is 0 Å². The van der Waals surface area contributed by atoms with Crippen LogP contribution in [0.1, 0.15) is 11.1 Å². The Bertz CT molecular complexity index is 572. The van der Waals surface area contributed by atoms with E-state index in [4.69, 9.17) is 21.1 Å². The van der Waals surface area contributed by atoms with E-state index >= 15 is 0 Å². The lowest BCUT2D eigenvalue weighted by Crippen LogP contribution is -2.77. The molecule has 0 aliphatic heterocycles. The van der Waals surface area contributed by atoms with E-state index in [1.165, 1.54) is 5.56 Å². The van der Waals surface area contributed by atoms with Crippen LogP contribution in [0.2, 0.25) is 5.02 Å². The summed E-state index contributed by atoms with van der Waals surface area (Å²) in [5.41, 5.74) is 2.16. The summed E-state index contributed by atoms with van der Waals surface area (Å²) >= 11 is 6.12. The summed E-state index contributed by atoms with van der Waals surface area (Å²) < 4.78 is 11.2. The van der Waals surface area contributed by atoms with Crippen LogP contribution in [-0.4, -0.2) is 14.2 Å². The molecule has 0 atom stereocenters. The van der Waals surface area contributed by atoms with Crippen LogP contribution in [0.3, 0.4) is 0 Å². The molecule has 3 nitrogen and oxygen atoms in total. The summed E-state index contributed by atoms with van der Waals surface area (Å²) in [5, 5.41) is 2.82. The van der Waals surface area contributed by atoms with E-state index < -0.39 is 0 Å². The Kier molecular flexibility index (Phi) is 5.27. The average molecular weight is 293 g/mol. The van der Waals surface area contributed by atoms with Gasteiger partial charge in [0.1, 0.15) is 13.2 Å².